The fourth-order valence-corrected chi connectivity index (χ4v) is 3.98. The Morgan fingerprint density at radius 1 is 1.23 bits per heavy atom. The average molecular weight is 415 g/mol. The van der Waals surface area contributed by atoms with Gasteiger partial charge in [-0.25, -0.2) is 4.39 Å². The average Bonchev–Trinajstić information content (AvgIpc) is 3.42. The Morgan fingerprint density at radius 3 is 2.77 bits per heavy atom. The Bertz CT molecular complexity index is 1030. The van der Waals surface area contributed by atoms with Gasteiger partial charge in [-0.1, -0.05) is 0 Å². The summed E-state index contributed by atoms with van der Waals surface area (Å²) in [4.78, 5) is 34.6. The van der Waals surface area contributed by atoms with Gasteiger partial charge in [0, 0.05) is 36.9 Å². The van der Waals surface area contributed by atoms with Crippen LogP contribution in [0.1, 0.15) is 31.2 Å². The van der Waals surface area contributed by atoms with E-state index in [9.17, 15) is 14.0 Å². The molecule has 3 aliphatic rings. The first-order valence-electron chi connectivity index (χ1n) is 10.1. The number of nitrogens with one attached hydrogen (secondary N) is 2. The number of alkyl halides is 1. The molecule has 0 radical (unpaired) electrons. The predicted molar refractivity (Wildman–Crippen MR) is 106 cm³/mol. The first kappa shape index (κ1) is 18.9. The van der Waals surface area contributed by atoms with E-state index in [0.717, 1.165) is 12.8 Å². The molecular weight excluding hydrogens is 393 g/mol. The van der Waals surface area contributed by atoms with Gasteiger partial charge in [0.15, 0.2) is 5.65 Å². The second-order valence-corrected chi connectivity index (χ2v) is 7.77. The number of aromatic nitrogens is 4. The van der Waals surface area contributed by atoms with Gasteiger partial charge in [-0.05, 0) is 25.3 Å². The standard InChI is InChI=1S/C19H22FN7O3/c20-13-1-4-26(10-13)19-25-18(22-14-2-5-30-6-3-14)24-16-12(9-21-27(16)19)7-11-8-15(28)23-17(11)29/h7,9,13-14H,1-6,8,10H2,(H,22,24)(H,23,28,29)/b11-7+. The molecule has 0 saturated carbocycles. The minimum atomic E-state index is -0.910. The molecule has 11 heteroatoms. The fraction of sp³-hybridized carbons (Fsp3) is 0.526. The van der Waals surface area contributed by atoms with Crippen LogP contribution in [0.4, 0.5) is 16.3 Å². The zero-order valence-corrected chi connectivity index (χ0v) is 16.3. The van der Waals surface area contributed by atoms with Gasteiger partial charge in [0.2, 0.25) is 17.8 Å². The Labute approximate surface area is 171 Å². The topological polar surface area (TPSA) is 114 Å². The van der Waals surface area contributed by atoms with Gasteiger partial charge < -0.3 is 15.0 Å². The molecule has 2 aromatic rings. The van der Waals surface area contributed by atoms with Crippen molar-refractivity contribution >= 4 is 35.4 Å². The van der Waals surface area contributed by atoms with Crippen LogP contribution in [0.2, 0.25) is 0 Å². The summed E-state index contributed by atoms with van der Waals surface area (Å²) in [6, 6.07) is 0.185. The molecule has 158 valence electrons. The largest absolute Gasteiger partial charge is 0.381 e. The summed E-state index contributed by atoms with van der Waals surface area (Å²) in [5, 5.41) is 10.0. The minimum Gasteiger partial charge on any atom is -0.381 e. The van der Waals surface area contributed by atoms with Crippen molar-refractivity contribution in [1.82, 2.24) is 24.9 Å². The SMILES string of the molecule is O=C1C/C(=C\c2cnn3c(N4CCC(F)C4)nc(NC4CCOCC4)nc23)C(=O)N1. The quantitative estimate of drug-likeness (QED) is 0.554. The third kappa shape index (κ3) is 3.60. The molecule has 3 aliphatic heterocycles. The molecule has 2 aromatic heterocycles. The first-order valence-corrected chi connectivity index (χ1v) is 10.1. The van der Waals surface area contributed by atoms with Crippen LogP contribution in [0.25, 0.3) is 11.7 Å². The number of carbonyl (C=O) groups is 2. The molecule has 1 atom stereocenters. The molecule has 3 saturated heterocycles. The maximum absolute atomic E-state index is 13.9. The maximum Gasteiger partial charge on any atom is 0.254 e. The molecule has 5 heterocycles. The highest BCUT2D eigenvalue weighted by Gasteiger charge is 2.28. The molecule has 30 heavy (non-hydrogen) atoms. The molecule has 0 spiro atoms. The van der Waals surface area contributed by atoms with Gasteiger partial charge in [0.05, 0.1) is 19.2 Å². The molecule has 2 amide bonds. The van der Waals surface area contributed by atoms with Crippen LogP contribution in [-0.4, -0.2) is 69.9 Å². The van der Waals surface area contributed by atoms with Crippen LogP contribution in [0.3, 0.4) is 0 Å². The van der Waals surface area contributed by atoms with Gasteiger partial charge in [0.1, 0.15) is 6.17 Å². The number of imide groups is 1. The van der Waals surface area contributed by atoms with Crippen molar-refractivity contribution in [2.45, 2.75) is 37.9 Å². The normalized spacial score (nSPS) is 24.2. The van der Waals surface area contributed by atoms with Crippen LogP contribution >= 0.6 is 0 Å². The van der Waals surface area contributed by atoms with Gasteiger partial charge in [-0.3, -0.25) is 14.9 Å². The minimum absolute atomic E-state index is 0.0248. The molecule has 3 fully saturated rings. The summed E-state index contributed by atoms with van der Waals surface area (Å²) in [6.45, 7) is 2.14. The van der Waals surface area contributed by atoms with Crippen molar-refractivity contribution < 1.29 is 18.7 Å². The molecule has 2 N–H and O–H groups in total. The summed E-state index contributed by atoms with van der Waals surface area (Å²) >= 11 is 0. The van der Waals surface area contributed by atoms with E-state index in [-0.39, 0.29) is 24.9 Å². The van der Waals surface area contributed by atoms with Crippen molar-refractivity contribution in [2.75, 3.05) is 36.5 Å². The number of rotatable bonds is 4. The van der Waals surface area contributed by atoms with Gasteiger partial charge in [-0.2, -0.15) is 19.6 Å². The number of ether oxygens (including phenoxy) is 1. The zero-order valence-electron chi connectivity index (χ0n) is 16.3. The van der Waals surface area contributed by atoms with Crippen molar-refractivity contribution in [1.29, 1.82) is 0 Å². The fourth-order valence-electron chi connectivity index (χ4n) is 3.98. The maximum atomic E-state index is 13.9. The highest BCUT2D eigenvalue weighted by Crippen LogP contribution is 2.26. The van der Waals surface area contributed by atoms with E-state index in [1.54, 1.807) is 16.8 Å². The Hall–Kier alpha value is -3.08. The number of halogens is 1. The van der Waals surface area contributed by atoms with Crippen LogP contribution in [0.15, 0.2) is 11.8 Å². The highest BCUT2D eigenvalue weighted by atomic mass is 19.1. The van der Waals surface area contributed by atoms with E-state index in [1.807, 2.05) is 4.90 Å². The summed E-state index contributed by atoms with van der Waals surface area (Å²) in [5.41, 5.74) is 1.46. The Morgan fingerprint density at radius 2 is 2.07 bits per heavy atom. The second-order valence-electron chi connectivity index (χ2n) is 7.77. The summed E-state index contributed by atoms with van der Waals surface area (Å²) < 4.78 is 20.8. The number of amides is 2. The number of fused-ring (bicyclic) bond motifs is 1. The van der Waals surface area contributed by atoms with Crippen LogP contribution < -0.4 is 15.5 Å². The lowest BCUT2D eigenvalue weighted by Gasteiger charge is -2.24. The monoisotopic (exact) mass is 415 g/mol. The summed E-state index contributed by atoms with van der Waals surface area (Å²) in [5.74, 6) is 0.199. The summed E-state index contributed by atoms with van der Waals surface area (Å²) in [7, 11) is 0. The van der Waals surface area contributed by atoms with E-state index < -0.39 is 12.1 Å². The van der Waals surface area contributed by atoms with E-state index in [0.29, 0.717) is 54.9 Å². The van der Waals surface area contributed by atoms with Gasteiger partial charge in [-0.15, -0.1) is 0 Å². The highest BCUT2D eigenvalue weighted by molar-refractivity contribution is 6.15. The molecule has 0 aliphatic carbocycles. The van der Waals surface area contributed by atoms with E-state index in [2.05, 4.69) is 25.7 Å². The zero-order chi connectivity index (χ0) is 20.7. The third-order valence-corrected chi connectivity index (χ3v) is 5.57. The molecule has 1 unspecified atom stereocenters. The van der Waals surface area contributed by atoms with Crippen molar-refractivity contribution in [3.8, 4) is 0 Å². The van der Waals surface area contributed by atoms with Crippen LogP contribution in [0, 0.1) is 0 Å². The lowest BCUT2D eigenvalue weighted by molar-refractivity contribution is -0.124. The first-order chi connectivity index (χ1) is 14.6. The Balaban J connectivity index is 1.55. The van der Waals surface area contributed by atoms with E-state index >= 15 is 0 Å². The molecule has 0 aromatic carbocycles. The van der Waals surface area contributed by atoms with Crippen molar-refractivity contribution in [3.05, 3.63) is 17.3 Å². The van der Waals surface area contributed by atoms with Crippen LogP contribution in [0.5, 0.6) is 0 Å². The lowest BCUT2D eigenvalue weighted by atomic mass is 10.1. The van der Waals surface area contributed by atoms with E-state index in [1.165, 1.54) is 0 Å². The number of carbonyl (C=O) groups excluding carboxylic acids is 2. The number of anilines is 2. The van der Waals surface area contributed by atoms with E-state index in [4.69, 9.17) is 4.74 Å². The number of hydrogen-bond donors (Lipinski definition) is 2. The predicted octanol–water partition coefficient (Wildman–Crippen LogP) is 0.693. The molecule has 10 nitrogen and oxygen atoms in total. The lowest BCUT2D eigenvalue weighted by Crippen LogP contribution is -2.30. The summed E-state index contributed by atoms with van der Waals surface area (Å²) in [6.07, 6.45) is 4.45. The third-order valence-electron chi connectivity index (χ3n) is 5.57. The number of hydrogen-bond acceptors (Lipinski definition) is 8. The van der Waals surface area contributed by atoms with Crippen LogP contribution in [-0.2, 0) is 14.3 Å². The van der Waals surface area contributed by atoms with Gasteiger partial charge >= 0.3 is 0 Å². The van der Waals surface area contributed by atoms with Crippen molar-refractivity contribution in [2.24, 2.45) is 0 Å². The second kappa shape index (κ2) is 7.63. The van der Waals surface area contributed by atoms with Crippen molar-refractivity contribution in [3.63, 3.8) is 0 Å². The van der Waals surface area contributed by atoms with Gasteiger partial charge in [0.25, 0.3) is 5.91 Å². The molecule has 5 rings (SSSR count). The number of nitrogens with zero attached hydrogens (tertiary/aromatic N) is 5. The molecular formula is C19H22FN7O3. The molecule has 0 bridgehead atoms. The Kier molecular flexibility index (Phi) is 4.81. The smallest absolute Gasteiger partial charge is 0.254 e.